The number of nitrogens with zero attached hydrogens (tertiary/aromatic N) is 1. The van der Waals surface area contributed by atoms with Gasteiger partial charge < -0.3 is 4.74 Å². The SMILES string of the molecule is CCCC1(CCC)OC(=O)C(C(c2cccc([N+](=O)[O-])c2)C2CC2)C1=O. The monoisotopic (exact) mass is 359 g/mol. The minimum atomic E-state index is -1.01. The highest BCUT2D eigenvalue weighted by atomic mass is 16.6. The van der Waals surface area contributed by atoms with Crippen LogP contribution in [0, 0.1) is 22.0 Å². The summed E-state index contributed by atoms with van der Waals surface area (Å²) in [5, 5.41) is 11.1. The van der Waals surface area contributed by atoms with Crippen molar-refractivity contribution in [2.75, 3.05) is 0 Å². The van der Waals surface area contributed by atoms with Gasteiger partial charge in [-0.2, -0.15) is 0 Å². The van der Waals surface area contributed by atoms with Crippen molar-refractivity contribution < 1.29 is 19.2 Å². The second-order valence-corrected chi connectivity index (χ2v) is 7.47. The Balaban J connectivity index is 1.98. The van der Waals surface area contributed by atoms with E-state index in [4.69, 9.17) is 4.74 Å². The molecular formula is C20H25NO5. The summed E-state index contributed by atoms with van der Waals surface area (Å²) in [5.74, 6) is -1.56. The molecule has 0 bridgehead atoms. The topological polar surface area (TPSA) is 86.5 Å². The zero-order chi connectivity index (χ0) is 18.9. The van der Waals surface area contributed by atoms with Gasteiger partial charge in [0.05, 0.1) is 4.92 Å². The van der Waals surface area contributed by atoms with Gasteiger partial charge in [0, 0.05) is 18.1 Å². The van der Waals surface area contributed by atoms with E-state index < -0.39 is 22.4 Å². The lowest BCUT2D eigenvalue weighted by Crippen LogP contribution is -2.38. The Hall–Kier alpha value is -2.24. The number of cyclic esters (lactones) is 1. The summed E-state index contributed by atoms with van der Waals surface area (Å²) in [6, 6.07) is 6.35. The number of benzene rings is 1. The molecule has 0 spiro atoms. The maximum Gasteiger partial charge on any atom is 0.318 e. The van der Waals surface area contributed by atoms with Gasteiger partial charge in [-0.3, -0.25) is 19.7 Å². The quantitative estimate of drug-likeness (QED) is 0.301. The summed E-state index contributed by atoms with van der Waals surface area (Å²) in [7, 11) is 0. The minimum absolute atomic E-state index is 0.0136. The van der Waals surface area contributed by atoms with Gasteiger partial charge in [-0.05, 0) is 37.2 Å². The van der Waals surface area contributed by atoms with E-state index in [1.165, 1.54) is 12.1 Å². The van der Waals surface area contributed by atoms with E-state index in [0.717, 1.165) is 25.7 Å². The molecule has 1 heterocycles. The van der Waals surface area contributed by atoms with Crippen LogP contribution in [0.1, 0.15) is 63.9 Å². The molecule has 6 heteroatoms. The van der Waals surface area contributed by atoms with Crippen molar-refractivity contribution in [3.05, 3.63) is 39.9 Å². The largest absolute Gasteiger partial charge is 0.450 e. The molecule has 0 amide bonds. The number of nitro benzene ring substituents is 1. The van der Waals surface area contributed by atoms with E-state index in [2.05, 4.69) is 0 Å². The van der Waals surface area contributed by atoms with Gasteiger partial charge in [-0.15, -0.1) is 0 Å². The lowest BCUT2D eigenvalue weighted by atomic mass is 9.75. The number of hydrogen-bond acceptors (Lipinski definition) is 5. The molecule has 26 heavy (non-hydrogen) atoms. The second-order valence-electron chi connectivity index (χ2n) is 7.47. The van der Waals surface area contributed by atoms with Crippen LogP contribution in [-0.4, -0.2) is 22.3 Å². The lowest BCUT2D eigenvalue weighted by Gasteiger charge is -2.26. The first kappa shape index (κ1) is 18.5. The number of rotatable bonds is 8. The first-order chi connectivity index (χ1) is 12.4. The smallest absolute Gasteiger partial charge is 0.318 e. The molecular weight excluding hydrogens is 334 g/mol. The van der Waals surface area contributed by atoms with Gasteiger partial charge in [0.1, 0.15) is 5.92 Å². The van der Waals surface area contributed by atoms with Crippen LogP contribution in [0.3, 0.4) is 0 Å². The first-order valence-corrected chi connectivity index (χ1v) is 9.45. The fourth-order valence-electron chi connectivity index (χ4n) is 4.33. The number of Topliss-reactive ketones (excluding diaryl/α,β-unsaturated/α-hetero) is 1. The summed E-state index contributed by atoms with van der Waals surface area (Å²) in [6.07, 6.45) is 4.45. The molecule has 0 aromatic heterocycles. The van der Waals surface area contributed by atoms with Crippen molar-refractivity contribution >= 4 is 17.4 Å². The maximum absolute atomic E-state index is 13.3. The van der Waals surface area contributed by atoms with Crippen molar-refractivity contribution in [3.63, 3.8) is 0 Å². The molecule has 6 nitrogen and oxygen atoms in total. The molecule has 2 unspecified atom stereocenters. The zero-order valence-electron chi connectivity index (χ0n) is 15.3. The Morgan fingerprint density at radius 3 is 2.42 bits per heavy atom. The predicted molar refractivity (Wildman–Crippen MR) is 95.7 cm³/mol. The number of esters is 1. The second kappa shape index (κ2) is 7.17. The molecule has 0 N–H and O–H groups in total. The Morgan fingerprint density at radius 2 is 1.88 bits per heavy atom. The molecule has 2 atom stereocenters. The Morgan fingerprint density at radius 1 is 1.23 bits per heavy atom. The van der Waals surface area contributed by atoms with Crippen LogP contribution in [0.25, 0.3) is 0 Å². The van der Waals surface area contributed by atoms with Crippen molar-refractivity contribution in [2.45, 2.75) is 63.9 Å². The third-order valence-electron chi connectivity index (χ3n) is 5.54. The standard InChI is InChI=1S/C20H25NO5/c1-3-10-20(11-4-2)18(22)17(19(23)26-20)16(13-8-9-13)14-6-5-7-15(12-14)21(24)25/h5-7,12-13,16-17H,3-4,8-11H2,1-2H3. The Labute approximate surface area is 153 Å². The number of nitro groups is 1. The molecule has 2 aliphatic rings. The van der Waals surface area contributed by atoms with E-state index in [1.54, 1.807) is 12.1 Å². The average molecular weight is 359 g/mol. The fourth-order valence-corrected chi connectivity index (χ4v) is 4.33. The summed E-state index contributed by atoms with van der Waals surface area (Å²) in [4.78, 5) is 36.7. The van der Waals surface area contributed by atoms with Crippen LogP contribution in [-0.2, 0) is 14.3 Å². The third-order valence-corrected chi connectivity index (χ3v) is 5.54. The number of ether oxygens (including phenoxy) is 1. The fraction of sp³-hybridized carbons (Fsp3) is 0.600. The van der Waals surface area contributed by atoms with E-state index in [1.807, 2.05) is 13.8 Å². The lowest BCUT2D eigenvalue weighted by molar-refractivity contribution is -0.384. The van der Waals surface area contributed by atoms with Crippen LogP contribution in [0.15, 0.2) is 24.3 Å². The van der Waals surface area contributed by atoms with Gasteiger partial charge >= 0.3 is 5.97 Å². The van der Waals surface area contributed by atoms with Crippen LogP contribution in [0.5, 0.6) is 0 Å². The third kappa shape index (κ3) is 3.24. The minimum Gasteiger partial charge on any atom is -0.450 e. The van der Waals surface area contributed by atoms with Crippen LogP contribution in [0.2, 0.25) is 0 Å². The van der Waals surface area contributed by atoms with Crippen LogP contribution >= 0.6 is 0 Å². The molecule has 0 radical (unpaired) electrons. The highest BCUT2D eigenvalue weighted by Crippen LogP contribution is 2.51. The first-order valence-electron chi connectivity index (χ1n) is 9.45. The highest BCUT2D eigenvalue weighted by molar-refractivity contribution is 6.10. The Bertz CT molecular complexity index is 719. The summed E-state index contributed by atoms with van der Waals surface area (Å²) in [6.45, 7) is 3.95. The maximum atomic E-state index is 13.3. The van der Waals surface area contributed by atoms with Crippen LogP contribution in [0.4, 0.5) is 5.69 Å². The van der Waals surface area contributed by atoms with E-state index in [9.17, 15) is 19.7 Å². The average Bonchev–Trinajstić information content (AvgIpc) is 3.40. The van der Waals surface area contributed by atoms with Gasteiger partial charge in [-0.25, -0.2) is 0 Å². The van der Waals surface area contributed by atoms with Crippen molar-refractivity contribution in [1.82, 2.24) is 0 Å². The number of hydrogen-bond donors (Lipinski definition) is 0. The molecule has 140 valence electrons. The predicted octanol–water partition coefficient (Wildman–Crippen LogP) is 4.17. The molecule has 3 rings (SSSR count). The number of ketones is 1. The molecule has 1 saturated heterocycles. The number of carbonyl (C=O) groups excluding carboxylic acids is 2. The number of non-ortho nitro benzene ring substituents is 1. The molecule has 1 saturated carbocycles. The zero-order valence-corrected chi connectivity index (χ0v) is 15.3. The summed E-state index contributed by atoms with van der Waals surface area (Å²) < 4.78 is 5.69. The van der Waals surface area contributed by atoms with E-state index in [-0.39, 0.29) is 23.3 Å². The van der Waals surface area contributed by atoms with Gasteiger partial charge in [-0.1, -0.05) is 38.8 Å². The van der Waals surface area contributed by atoms with Crippen LogP contribution < -0.4 is 0 Å². The van der Waals surface area contributed by atoms with E-state index in [0.29, 0.717) is 18.4 Å². The summed E-state index contributed by atoms with van der Waals surface area (Å²) >= 11 is 0. The molecule has 1 aromatic rings. The number of carbonyl (C=O) groups is 2. The van der Waals surface area contributed by atoms with Gasteiger partial charge in [0.2, 0.25) is 0 Å². The highest BCUT2D eigenvalue weighted by Gasteiger charge is 2.58. The Kier molecular flexibility index (Phi) is 5.12. The van der Waals surface area contributed by atoms with E-state index >= 15 is 0 Å². The molecule has 1 aliphatic carbocycles. The molecule has 1 aliphatic heterocycles. The molecule has 1 aromatic carbocycles. The van der Waals surface area contributed by atoms with Crippen molar-refractivity contribution in [2.24, 2.45) is 11.8 Å². The molecule has 2 fully saturated rings. The van der Waals surface area contributed by atoms with Crippen molar-refractivity contribution in [1.29, 1.82) is 0 Å². The van der Waals surface area contributed by atoms with Crippen molar-refractivity contribution in [3.8, 4) is 0 Å². The normalized spacial score (nSPS) is 22.9. The summed E-state index contributed by atoms with van der Waals surface area (Å²) in [5.41, 5.74) is -0.333. The van der Waals surface area contributed by atoms with Gasteiger partial charge in [0.15, 0.2) is 11.4 Å². The van der Waals surface area contributed by atoms with Gasteiger partial charge in [0.25, 0.3) is 5.69 Å².